The van der Waals surface area contributed by atoms with Gasteiger partial charge in [0, 0.05) is 18.3 Å². The van der Waals surface area contributed by atoms with Crippen LogP contribution in [0.2, 0.25) is 0 Å². The number of nitrogens with one attached hydrogen (secondary N) is 1. The van der Waals surface area contributed by atoms with Crippen molar-refractivity contribution in [3.63, 3.8) is 0 Å². The maximum absolute atomic E-state index is 11.6. The van der Waals surface area contributed by atoms with Crippen LogP contribution in [0.25, 0.3) is 0 Å². The first-order valence-corrected chi connectivity index (χ1v) is 6.46. The minimum absolute atomic E-state index is 0.0712. The summed E-state index contributed by atoms with van der Waals surface area (Å²) >= 11 is 1.56. The molecule has 0 saturated carbocycles. The summed E-state index contributed by atoms with van der Waals surface area (Å²) in [5, 5.41) is 4.87. The van der Waals surface area contributed by atoms with Crippen LogP contribution in [0.1, 0.15) is 17.7 Å². The second kappa shape index (κ2) is 6.15. The van der Waals surface area contributed by atoms with Gasteiger partial charge in [-0.3, -0.25) is 4.79 Å². The van der Waals surface area contributed by atoms with E-state index in [1.807, 2.05) is 35.7 Å². The van der Waals surface area contributed by atoms with E-state index < -0.39 is 0 Å². The topological polar surface area (TPSA) is 42.0 Å². The molecule has 0 saturated heterocycles. The minimum atomic E-state index is 0.0712. The molecule has 0 fully saturated rings. The van der Waals surface area contributed by atoms with Crippen molar-refractivity contribution < 1.29 is 4.79 Å². The fourth-order valence-corrected chi connectivity index (χ4v) is 2.08. The molecule has 1 amide bonds. The number of rotatable bonds is 5. The van der Waals surface area contributed by atoms with Crippen LogP contribution in [0.15, 0.2) is 41.2 Å². The van der Waals surface area contributed by atoms with Gasteiger partial charge in [0.2, 0.25) is 5.91 Å². The van der Waals surface area contributed by atoms with Crippen molar-refractivity contribution in [1.82, 2.24) is 10.3 Å². The lowest BCUT2D eigenvalue weighted by atomic mass is 10.2. The lowest BCUT2D eigenvalue weighted by Crippen LogP contribution is -2.22. The largest absolute Gasteiger partial charge is 0.352 e. The Morgan fingerprint density at radius 1 is 1.29 bits per heavy atom. The van der Waals surface area contributed by atoms with Gasteiger partial charge in [0.05, 0.1) is 11.2 Å². The summed E-state index contributed by atoms with van der Waals surface area (Å²) in [7, 11) is 0. The van der Waals surface area contributed by atoms with Crippen LogP contribution in [-0.2, 0) is 17.8 Å². The molecule has 1 aromatic carbocycles. The summed E-state index contributed by atoms with van der Waals surface area (Å²) < 4.78 is 0. The van der Waals surface area contributed by atoms with Crippen molar-refractivity contribution in [3.8, 4) is 0 Å². The Kier molecular flexibility index (Phi) is 4.27. The highest BCUT2D eigenvalue weighted by atomic mass is 32.1. The van der Waals surface area contributed by atoms with E-state index in [-0.39, 0.29) is 5.91 Å². The molecule has 88 valence electrons. The van der Waals surface area contributed by atoms with Gasteiger partial charge in [-0.2, -0.15) is 0 Å². The lowest BCUT2D eigenvalue weighted by Gasteiger charge is -2.04. The number of aromatic nitrogens is 1. The van der Waals surface area contributed by atoms with Gasteiger partial charge in [-0.1, -0.05) is 30.3 Å². The zero-order valence-electron chi connectivity index (χ0n) is 9.43. The molecule has 1 aromatic heterocycles. The zero-order valence-corrected chi connectivity index (χ0v) is 10.2. The summed E-state index contributed by atoms with van der Waals surface area (Å²) in [6.07, 6.45) is 1.21. The molecule has 0 bridgehead atoms. The third-order valence-corrected chi connectivity index (χ3v) is 3.06. The van der Waals surface area contributed by atoms with Crippen molar-refractivity contribution in [2.45, 2.75) is 19.4 Å². The molecule has 4 heteroatoms. The second-order valence-corrected chi connectivity index (χ2v) is 4.46. The Bertz CT molecular complexity index is 454. The predicted molar refractivity (Wildman–Crippen MR) is 68.7 cm³/mol. The third-order valence-electron chi connectivity index (χ3n) is 2.42. The molecular formula is C13H14N2OS. The molecule has 0 atom stereocenters. The van der Waals surface area contributed by atoms with Crippen LogP contribution in [-0.4, -0.2) is 10.9 Å². The quantitative estimate of drug-likeness (QED) is 0.880. The second-order valence-electron chi connectivity index (χ2n) is 3.74. The van der Waals surface area contributed by atoms with E-state index in [2.05, 4.69) is 10.3 Å². The zero-order chi connectivity index (χ0) is 11.9. The van der Waals surface area contributed by atoms with Crippen LogP contribution in [0, 0.1) is 0 Å². The van der Waals surface area contributed by atoms with Gasteiger partial charge in [-0.05, 0) is 12.0 Å². The lowest BCUT2D eigenvalue weighted by molar-refractivity contribution is -0.121. The number of amides is 1. The molecule has 0 unspecified atom stereocenters. The monoisotopic (exact) mass is 246 g/mol. The molecule has 2 rings (SSSR count). The van der Waals surface area contributed by atoms with E-state index in [1.54, 1.807) is 16.8 Å². The molecule has 0 spiro atoms. The highest BCUT2D eigenvalue weighted by Gasteiger charge is 2.03. The normalized spacial score (nSPS) is 10.1. The Hall–Kier alpha value is -1.68. The molecule has 0 radical (unpaired) electrons. The first-order chi connectivity index (χ1) is 8.34. The van der Waals surface area contributed by atoms with E-state index in [4.69, 9.17) is 0 Å². The molecule has 0 aliphatic carbocycles. The number of nitrogens with zero attached hydrogens (tertiary/aromatic N) is 1. The summed E-state index contributed by atoms with van der Waals surface area (Å²) in [5.41, 5.74) is 3.90. The number of hydrogen-bond donors (Lipinski definition) is 1. The average Bonchev–Trinajstić information content (AvgIpc) is 2.88. The standard InChI is InChI=1S/C13H14N2OS/c16-13(7-6-12-9-17-10-15-12)14-8-11-4-2-1-3-5-11/h1-5,9-10H,6-8H2,(H,14,16). The molecule has 0 aliphatic heterocycles. The molecule has 3 nitrogen and oxygen atoms in total. The SMILES string of the molecule is O=C(CCc1cscn1)NCc1ccccc1. The molecule has 0 aliphatic rings. The van der Waals surface area contributed by atoms with Gasteiger partial charge in [-0.25, -0.2) is 4.98 Å². The number of carbonyl (C=O) groups excluding carboxylic acids is 1. The number of carbonyl (C=O) groups is 1. The molecule has 1 heterocycles. The minimum Gasteiger partial charge on any atom is -0.352 e. The van der Waals surface area contributed by atoms with Crippen molar-refractivity contribution >= 4 is 17.2 Å². The van der Waals surface area contributed by atoms with Crippen LogP contribution in [0.5, 0.6) is 0 Å². The Balaban J connectivity index is 1.71. The first kappa shape index (κ1) is 11.8. The highest BCUT2D eigenvalue weighted by Crippen LogP contribution is 2.04. The Labute approximate surface area is 105 Å². The summed E-state index contributed by atoms with van der Waals surface area (Å²) in [4.78, 5) is 15.7. The number of thiazole rings is 1. The van der Waals surface area contributed by atoms with Gasteiger partial charge < -0.3 is 5.32 Å². The number of benzene rings is 1. The van der Waals surface area contributed by atoms with Crippen LogP contribution >= 0.6 is 11.3 Å². The summed E-state index contributed by atoms with van der Waals surface area (Å²) in [6, 6.07) is 9.91. The molecule has 2 aromatic rings. The van der Waals surface area contributed by atoms with Crippen molar-refractivity contribution in [3.05, 3.63) is 52.5 Å². The van der Waals surface area contributed by atoms with E-state index in [0.717, 1.165) is 11.3 Å². The van der Waals surface area contributed by atoms with E-state index in [9.17, 15) is 4.79 Å². The maximum atomic E-state index is 11.6. The summed E-state index contributed by atoms with van der Waals surface area (Å²) in [6.45, 7) is 0.594. The number of aryl methyl sites for hydroxylation is 1. The Morgan fingerprint density at radius 3 is 2.82 bits per heavy atom. The molecule has 1 N–H and O–H groups in total. The maximum Gasteiger partial charge on any atom is 0.220 e. The smallest absolute Gasteiger partial charge is 0.220 e. The van der Waals surface area contributed by atoms with Gasteiger partial charge in [0.25, 0.3) is 0 Å². The fourth-order valence-electron chi connectivity index (χ4n) is 1.49. The van der Waals surface area contributed by atoms with Crippen LogP contribution in [0.4, 0.5) is 0 Å². The van der Waals surface area contributed by atoms with E-state index in [0.29, 0.717) is 19.4 Å². The predicted octanol–water partition coefficient (Wildman–Crippen LogP) is 2.39. The van der Waals surface area contributed by atoms with Crippen LogP contribution in [0.3, 0.4) is 0 Å². The summed E-state index contributed by atoms with van der Waals surface area (Å²) in [5.74, 6) is 0.0712. The van der Waals surface area contributed by atoms with E-state index >= 15 is 0 Å². The van der Waals surface area contributed by atoms with Crippen LogP contribution < -0.4 is 5.32 Å². The van der Waals surface area contributed by atoms with Gasteiger partial charge in [-0.15, -0.1) is 11.3 Å². The van der Waals surface area contributed by atoms with Gasteiger partial charge in [0.1, 0.15) is 0 Å². The van der Waals surface area contributed by atoms with Crippen molar-refractivity contribution in [2.75, 3.05) is 0 Å². The van der Waals surface area contributed by atoms with Gasteiger partial charge >= 0.3 is 0 Å². The highest BCUT2D eigenvalue weighted by molar-refractivity contribution is 7.07. The Morgan fingerprint density at radius 2 is 2.12 bits per heavy atom. The number of hydrogen-bond acceptors (Lipinski definition) is 3. The third kappa shape index (κ3) is 4.00. The molecule has 17 heavy (non-hydrogen) atoms. The van der Waals surface area contributed by atoms with E-state index in [1.165, 1.54) is 0 Å². The van der Waals surface area contributed by atoms with Crippen molar-refractivity contribution in [2.24, 2.45) is 0 Å². The average molecular weight is 246 g/mol. The fraction of sp³-hybridized carbons (Fsp3) is 0.231. The first-order valence-electron chi connectivity index (χ1n) is 5.52. The molecular weight excluding hydrogens is 232 g/mol. The van der Waals surface area contributed by atoms with Gasteiger partial charge in [0.15, 0.2) is 0 Å². The van der Waals surface area contributed by atoms with Crippen molar-refractivity contribution in [1.29, 1.82) is 0 Å².